The average molecular weight is 384 g/mol. The molecule has 0 aromatic heterocycles. The van der Waals surface area contributed by atoms with Gasteiger partial charge in [0.15, 0.2) is 0 Å². The fourth-order valence-corrected chi connectivity index (χ4v) is 5.07. The summed E-state index contributed by atoms with van der Waals surface area (Å²) < 4.78 is 6.32. The summed E-state index contributed by atoms with van der Waals surface area (Å²) in [6.45, 7) is 4.14. The number of halogens is 1. The lowest BCUT2D eigenvalue weighted by Gasteiger charge is -2.40. The van der Waals surface area contributed by atoms with Crippen LogP contribution >= 0.6 is 11.6 Å². The second-order valence-electron chi connectivity index (χ2n) is 8.26. The van der Waals surface area contributed by atoms with Crippen LogP contribution in [0.15, 0.2) is 54.6 Å². The highest BCUT2D eigenvalue weighted by atomic mass is 35.5. The second kappa shape index (κ2) is 8.77. The first-order chi connectivity index (χ1) is 13.3. The zero-order valence-corrected chi connectivity index (χ0v) is 16.8. The van der Waals surface area contributed by atoms with E-state index >= 15 is 0 Å². The number of nitrogens with zero attached hydrogens (tertiary/aromatic N) is 1. The van der Waals surface area contributed by atoms with Gasteiger partial charge in [-0.25, -0.2) is 0 Å². The van der Waals surface area contributed by atoms with Crippen molar-refractivity contribution in [3.05, 3.63) is 70.7 Å². The third-order valence-corrected chi connectivity index (χ3v) is 6.80. The third-order valence-electron chi connectivity index (χ3n) is 6.43. The third kappa shape index (κ3) is 4.56. The highest BCUT2D eigenvalue weighted by Crippen LogP contribution is 2.43. The van der Waals surface area contributed by atoms with E-state index in [-0.39, 0.29) is 5.41 Å². The van der Waals surface area contributed by atoms with Crippen LogP contribution in [0, 0.1) is 5.41 Å². The van der Waals surface area contributed by atoms with E-state index in [0.717, 1.165) is 37.7 Å². The highest BCUT2D eigenvalue weighted by Gasteiger charge is 2.45. The zero-order valence-electron chi connectivity index (χ0n) is 16.1. The number of benzene rings is 2. The molecule has 0 amide bonds. The van der Waals surface area contributed by atoms with Crippen LogP contribution in [0.3, 0.4) is 0 Å². The summed E-state index contributed by atoms with van der Waals surface area (Å²) in [5.74, 6) is 0. The Kier molecular flexibility index (Phi) is 6.17. The molecular formula is C24H30ClNO. The zero-order chi connectivity index (χ0) is 18.5. The minimum atomic E-state index is 0.275. The first-order valence-electron chi connectivity index (χ1n) is 10.4. The monoisotopic (exact) mass is 383 g/mol. The summed E-state index contributed by atoms with van der Waals surface area (Å²) in [5.41, 5.74) is 2.96. The Bertz CT molecular complexity index is 728. The summed E-state index contributed by atoms with van der Waals surface area (Å²) >= 11 is 6.41. The van der Waals surface area contributed by atoms with Crippen LogP contribution in [-0.4, -0.2) is 30.7 Å². The quantitative estimate of drug-likeness (QED) is 0.631. The molecule has 3 heteroatoms. The Morgan fingerprint density at radius 1 is 1.04 bits per heavy atom. The van der Waals surface area contributed by atoms with Crippen molar-refractivity contribution in [2.24, 2.45) is 5.41 Å². The van der Waals surface area contributed by atoms with Crippen molar-refractivity contribution in [3.63, 3.8) is 0 Å². The van der Waals surface area contributed by atoms with Crippen molar-refractivity contribution in [3.8, 4) is 0 Å². The fraction of sp³-hybridized carbons (Fsp3) is 0.500. The van der Waals surface area contributed by atoms with Gasteiger partial charge in [0.25, 0.3) is 0 Å². The molecule has 2 aliphatic heterocycles. The summed E-state index contributed by atoms with van der Waals surface area (Å²) in [6, 6.07) is 19.2. The Hall–Kier alpha value is -1.35. The normalized spacial score (nSPS) is 26.3. The van der Waals surface area contributed by atoms with Gasteiger partial charge in [-0.1, -0.05) is 60.1 Å². The number of hydrogen-bond acceptors (Lipinski definition) is 2. The molecule has 0 radical (unpaired) electrons. The molecule has 2 aliphatic rings. The maximum atomic E-state index is 6.41. The van der Waals surface area contributed by atoms with Gasteiger partial charge in [0.05, 0.1) is 6.10 Å². The van der Waals surface area contributed by atoms with Crippen molar-refractivity contribution >= 4 is 11.6 Å². The van der Waals surface area contributed by atoms with Crippen LogP contribution in [0.2, 0.25) is 5.02 Å². The maximum absolute atomic E-state index is 6.41. The van der Waals surface area contributed by atoms with E-state index in [1.807, 2.05) is 12.1 Å². The highest BCUT2D eigenvalue weighted by molar-refractivity contribution is 6.31. The lowest BCUT2D eigenvalue weighted by atomic mass is 9.74. The molecule has 2 saturated heterocycles. The van der Waals surface area contributed by atoms with Crippen molar-refractivity contribution in [1.29, 1.82) is 0 Å². The van der Waals surface area contributed by atoms with E-state index in [0.29, 0.717) is 6.10 Å². The minimum Gasteiger partial charge on any atom is -0.378 e. The molecule has 2 nitrogen and oxygen atoms in total. The molecule has 0 N–H and O–H groups in total. The molecule has 2 aromatic carbocycles. The largest absolute Gasteiger partial charge is 0.378 e. The Morgan fingerprint density at radius 2 is 1.85 bits per heavy atom. The lowest BCUT2D eigenvalue weighted by Crippen LogP contribution is -2.42. The van der Waals surface area contributed by atoms with E-state index in [4.69, 9.17) is 16.3 Å². The van der Waals surface area contributed by atoms with Crippen LogP contribution in [-0.2, 0) is 17.7 Å². The summed E-state index contributed by atoms with van der Waals surface area (Å²) in [5, 5.41) is 0.883. The van der Waals surface area contributed by atoms with Gasteiger partial charge in [0.2, 0.25) is 0 Å². The number of rotatable bonds is 6. The van der Waals surface area contributed by atoms with Gasteiger partial charge in [0, 0.05) is 30.1 Å². The summed E-state index contributed by atoms with van der Waals surface area (Å²) in [4.78, 5) is 2.59. The predicted molar refractivity (Wildman–Crippen MR) is 112 cm³/mol. The van der Waals surface area contributed by atoms with Crippen LogP contribution < -0.4 is 0 Å². The van der Waals surface area contributed by atoms with E-state index < -0.39 is 0 Å². The molecule has 27 heavy (non-hydrogen) atoms. The van der Waals surface area contributed by atoms with Gasteiger partial charge in [-0.15, -0.1) is 0 Å². The Balaban J connectivity index is 1.47. The van der Waals surface area contributed by atoms with Crippen LogP contribution in [0.5, 0.6) is 0 Å². The second-order valence-corrected chi connectivity index (χ2v) is 8.66. The molecule has 2 aromatic rings. The maximum Gasteiger partial charge on any atom is 0.0644 e. The van der Waals surface area contributed by atoms with Crippen molar-refractivity contribution in [2.45, 2.75) is 51.2 Å². The van der Waals surface area contributed by atoms with Gasteiger partial charge < -0.3 is 4.74 Å². The first-order valence-corrected chi connectivity index (χ1v) is 10.7. The molecule has 4 rings (SSSR count). The topological polar surface area (TPSA) is 12.5 Å². The van der Waals surface area contributed by atoms with Crippen LogP contribution in [0.1, 0.15) is 43.2 Å². The number of likely N-dealkylation sites (tertiary alicyclic amines) is 1. The Morgan fingerprint density at radius 3 is 2.63 bits per heavy atom. The van der Waals surface area contributed by atoms with Gasteiger partial charge in [0.1, 0.15) is 0 Å². The molecule has 0 spiro atoms. The molecule has 2 heterocycles. The van der Waals surface area contributed by atoms with Gasteiger partial charge >= 0.3 is 0 Å². The number of ether oxygens (including phenoxy) is 1. The van der Waals surface area contributed by atoms with E-state index in [1.54, 1.807) is 0 Å². The van der Waals surface area contributed by atoms with E-state index in [1.165, 1.54) is 43.2 Å². The summed E-state index contributed by atoms with van der Waals surface area (Å²) in [7, 11) is 0. The van der Waals surface area contributed by atoms with Gasteiger partial charge in [-0.2, -0.15) is 0 Å². The van der Waals surface area contributed by atoms with E-state index in [2.05, 4.69) is 47.4 Å². The first kappa shape index (κ1) is 19.0. The van der Waals surface area contributed by atoms with E-state index in [9.17, 15) is 0 Å². The molecule has 0 aliphatic carbocycles. The lowest BCUT2D eigenvalue weighted by molar-refractivity contribution is -0.0684. The van der Waals surface area contributed by atoms with Crippen molar-refractivity contribution in [2.75, 3.05) is 19.7 Å². The molecule has 144 valence electrons. The van der Waals surface area contributed by atoms with Crippen molar-refractivity contribution < 1.29 is 4.74 Å². The standard InChI is InChI=1S/C24H30ClNO/c25-22-11-5-4-10-21(22)18-26-16-15-24(19-26,23-12-6-7-17-27-23)14-13-20-8-2-1-3-9-20/h1-5,8-11,23H,6-7,12-19H2. The van der Waals surface area contributed by atoms with Crippen LogP contribution in [0.25, 0.3) is 0 Å². The SMILES string of the molecule is Clc1ccccc1CN1CCC(CCc2ccccc2)(C2CCCCO2)C1. The minimum absolute atomic E-state index is 0.275. The van der Waals surface area contributed by atoms with Gasteiger partial charge in [-0.3, -0.25) is 4.90 Å². The van der Waals surface area contributed by atoms with Crippen LogP contribution in [0.4, 0.5) is 0 Å². The summed E-state index contributed by atoms with van der Waals surface area (Å²) in [6.07, 6.45) is 7.73. The predicted octanol–water partition coefficient (Wildman–Crippen LogP) is 5.73. The molecular weight excluding hydrogens is 354 g/mol. The molecule has 2 atom stereocenters. The molecule has 0 saturated carbocycles. The number of aryl methyl sites for hydroxylation is 1. The molecule has 0 bridgehead atoms. The van der Waals surface area contributed by atoms with Crippen molar-refractivity contribution in [1.82, 2.24) is 4.90 Å². The Labute approximate surface area is 168 Å². The average Bonchev–Trinajstić information content (AvgIpc) is 3.14. The molecule has 2 fully saturated rings. The fourth-order valence-electron chi connectivity index (χ4n) is 4.88. The number of hydrogen-bond donors (Lipinski definition) is 0. The smallest absolute Gasteiger partial charge is 0.0644 e. The molecule has 2 unspecified atom stereocenters. The van der Waals surface area contributed by atoms with Gasteiger partial charge in [-0.05, 0) is 62.3 Å².